The van der Waals surface area contributed by atoms with Crippen LogP contribution >= 0.6 is 0 Å². The highest BCUT2D eigenvalue weighted by Gasteiger charge is 2.14. The van der Waals surface area contributed by atoms with Crippen molar-refractivity contribution in [3.63, 3.8) is 0 Å². The van der Waals surface area contributed by atoms with E-state index in [4.69, 9.17) is 0 Å². The molecule has 0 atom stereocenters. The number of aromatic nitrogens is 1. The van der Waals surface area contributed by atoms with Gasteiger partial charge in [-0.3, -0.25) is 4.98 Å². The second-order valence-electron chi connectivity index (χ2n) is 7.99. The number of hydrogen-bond donors (Lipinski definition) is 1. The van der Waals surface area contributed by atoms with E-state index in [1.807, 2.05) is 6.07 Å². The van der Waals surface area contributed by atoms with Crippen molar-refractivity contribution in [2.75, 3.05) is 0 Å². The lowest BCUT2D eigenvalue weighted by Crippen LogP contribution is -1.98. The maximum absolute atomic E-state index is 13.4. The number of nitrogens with zero attached hydrogens (tertiary/aromatic N) is 1. The van der Waals surface area contributed by atoms with Crippen molar-refractivity contribution in [2.45, 2.75) is 39.0 Å². The summed E-state index contributed by atoms with van der Waals surface area (Å²) in [5.74, 6) is -0.280. The Bertz CT molecular complexity index is 1180. The first kappa shape index (κ1) is 21.0. The van der Waals surface area contributed by atoms with Gasteiger partial charge in [-0.2, -0.15) is 0 Å². The molecule has 1 N–H and O–H groups in total. The number of halogens is 2. The van der Waals surface area contributed by atoms with Crippen molar-refractivity contribution in [1.29, 1.82) is 0 Å². The molecule has 0 aliphatic heterocycles. The molecule has 1 aromatic heterocycles. The number of aromatic hydroxyl groups is 1. The summed E-state index contributed by atoms with van der Waals surface area (Å²) in [7, 11) is 0. The van der Waals surface area contributed by atoms with Crippen molar-refractivity contribution < 1.29 is 13.9 Å². The van der Waals surface area contributed by atoms with Crippen LogP contribution in [0.1, 0.15) is 47.6 Å². The second kappa shape index (κ2) is 9.25. The number of benzene rings is 3. The van der Waals surface area contributed by atoms with Crippen LogP contribution in [0.3, 0.4) is 0 Å². The molecule has 2 nitrogen and oxygen atoms in total. The number of unbranched alkanes of at least 4 members (excludes halogenated alkanes) is 1. The first-order valence-electron chi connectivity index (χ1n) is 10.6. The Morgan fingerprint density at radius 3 is 2.00 bits per heavy atom. The Kier molecular flexibility index (Phi) is 6.26. The third-order valence-corrected chi connectivity index (χ3v) is 5.60. The standard InChI is InChI=1S/C27H25F2NO/c1-2-3-4-21-16-22(14-19-7-11-24(29)12-8-19)25-15-20(17-30-26(25)27(21)31)13-18-5-9-23(28)10-6-18/h5-12,15-17,31H,2-4,13-14H2,1H3. The highest BCUT2D eigenvalue weighted by molar-refractivity contribution is 5.89. The fourth-order valence-electron chi connectivity index (χ4n) is 3.91. The molecule has 0 saturated carbocycles. The number of hydrogen-bond acceptors (Lipinski definition) is 2. The molecule has 4 rings (SSSR count). The molecule has 0 amide bonds. The summed E-state index contributed by atoms with van der Waals surface area (Å²) in [5, 5.41) is 11.8. The summed E-state index contributed by atoms with van der Waals surface area (Å²) in [6.45, 7) is 2.12. The maximum Gasteiger partial charge on any atom is 0.145 e. The molecule has 0 spiro atoms. The van der Waals surface area contributed by atoms with Crippen LogP contribution in [0.2, 0.25) is 0 Å². The number of phenols is 1. The van der Waals surface area contributed by atoms with Gasteiger partial charge in [-0.05, 0) is 83.8 Å². The molecule has 0 aliphatic rings. The first-order chi connectivity index (χ1) is 15.0. The van der Waals surface area contributed by atoms with Gasteiger partial charge in [-0.1, -0.05) is 43.7 Å². The van der Waals surface area contributed by atoms with Gasteiger partial charge in [0.1, 0.15) is 22.9 Å². The number of pyridine rings is 1. The van der Waals surface area contributed by atoms with Crippen molar-refractivity contribution >= 4 is 10.9 Å². The Morgan fingerprint density at radius 1 is 0.774 bits per heavy atom. The minimum absolute atomic E-state index is 0.236. The smallest absolute Gasteiger partial charge is 0.145 e. The van der Waals surface area contributed by atoms with Crippen molar-refractivity contribution in [1.82, 2.24) is 4.98 Å². The van der Waals surface area contributed by atoms with Gasteiger partial charge in [-0.25, -0.2) is 8.78 Å². The van der Waals surface area contributed by atoms with Gasteiger partial charge in [0, 0.05) is 11.6 Å². The Hall–Kier alpha value is -3.27. The van der Waals surface area contributed by atoms with Gasteiger partial charge >= 0.3 is 0 Å². The third-order valence-electron chi connectivity index (χ3n) is 5.60. The molecule has 0 unspecified atom stereocenters. The fraction of sp³-hybridized carbons (Fsp3) is 0.222. The lowest BCUT2D eigenvalue weighted by Gasteiger charge is -2.14. The van der Waals surface area contributed by atoms with Crippen LogP contribution < -0.4 is 0 Å². The quantitative estimate of drug-likeness (QED) is 0.361. The van der Waals surface area contributed by atoms with E-state index in [9.17, 15) is 13.9 Å². The molecule has 0 saturated heterocycles. The predicted molar refractivity (Wildman–Crippen MR) is 120 cm³/mol. The number of fused-ring (bicyclic) bond motifs is 1. The lowest BCUT2D eigenvalue weighted by atomic mass is 9.94. The second-order valence-corrected chi connectivity index (χ2v) is 7.99. The molecule has 4 aromatic rings. The van der Waals surface area contributed by atoms with Gasteiger partial charge < -0.3 is 5.11 Å². The molecular weight excluding hydrogens is 392 g/mol. The average Bonchev–Trinajstić information content (AvgIpc) is 2.78. The predicted octanol–water partition coefficient (Wildman–Crippen LogP) is 6.74. The molecule has 0 fully saturated rings. The Balaban J connectivity index is 1.77. The summed E-state index contributed by atoms with van der Waals surface area (Å²) >= 11 is 0. The van der Waals surface area contributed by atoms with Crippen molar-refractivity contribution in [2.24, 2.45) is 0 Å². The topological polar surface area (TPSA) is 33.1 Å². The zero-order valence-corrected chi connectivity index (χ0v) is 17.5. The van der Waals surface area contributed by atoms with Gasteiger partial charge in [0.25, 0.3) is 0 Å². The van der Waals surface area contributed by atoms with E-state index >= 15 is 0 Å². The van der Waals surface area contributed by atoms with Gasteiger partial charge in [0.15, 0.2) is 0 Å². The van der Waals surface area contributed by atoms with Crippen LogP contribution in [0.5, 0.6) is 5.75 Å². The Morgan fingerprint density at radius 2 is 1.39 bits per heavy atom. The summed E-state index contributed by atoms with van der Waals surface area (Å²) < 4.78 is 26.6. The van der Waals surface area contributed by atoms with Crippen LogP contribution in [0.15, 0.2) is 66.9 Å². The number of rotatable bonds is 7. The molecule has 0 bridgehead atoms. The van der Waals surface area contributed by atoms with E-state index in [1.54, 1.807) is 30.5 Å². The summed E-state index contributed by atoms with van der Waals surface area (Å²) in [5.41, 5.74) is 5.52. The molecule has 3 aromatic carbocycles. The average molecular weight is 417 g/mol. The van der Waals surface area contributed by atoms with Crippen LogP contribution in [0.25, 0.3) is 10.9 Å². The van der Waals surface area contributed by atoms with E-state index in [0.717, 1.165) is 52.5 Å². The van der Waals surface area contributed by atoms with Gasteiger partial charge in [-0.15, -0.1) is 0 Å². The van der Waals surface area contributed by atoms with Crippen LogP contribution in [-0.4, -0.2) is 10.1 Å². The molecule has 158 valence electrons. The Labute approximate surface area is 181 Å². The molecule has 0 aliphatic carbocycles. The van der Waals surface area contributed by atoms with E-state index < -0.39 is 0 Å². The van der Waals surface area contributed by atoms with Crippen LogP contribution in [-0.2, 0) is 19.3 Å². The summed E-state index contributed by atoms with van der Waals surface area (Å²) in [6.07, 6.45) is 5.83. The van der Waals surface area contributed by atoms with Crippen molar-refractivity contribution in [3.05, 3.63) is 106 Å². The monoisotopic (exact) mass is 417 g/mol. The first-order valence-corrected chi connectivity index (χ1v) is 10.6. The minimum atomic E-state index is -0.258. The number of aryl methyl sites for hydroxylation is 1. The molecular formula is C27H25F2NO. The molecule has 4 heteroatoms. The number of phenolic OH excluding ortho intramolecular Hbond substituents is 1. The lowest BCUT2D eigenvalue weighted by molar-refractivity contribution is 0.472. The molecule has 0 radical (unpaired) electrons. The SMILES string of the molecule is CCCCc1cc(Cc2ccc(F)cc2)c2cc(Cc3ccc(F)cc3)cnc2c1O. The minimum Gasteiger partial charge on any atom is -0.505 e. The zero-order chi connectivity index (χ0) is 21.8. The molecule has 31 heavy (non-hydrogen) atoms. The fourth-order valence-corrected chi connectivity index (χ4v) is 3.91. The van der Waals surface area contributed by atoms with E-state index in [2.05, 4.69) is 18.0 Å². The highest BCUT2D eigenvalue weighted by Crippen LogP contribution is 2.33. The maximum atomic E-state index is 13.4. The zero-order valence-electron chi connectivity index (χ0n) is 17.5. The van der Waals surface area contributed by atoms with Crippen molar-refractivity contribution in [3.8, 4) is 5.75 Å². The van der Waals surface area contributed by atoms with Crippen LogP contribution in [0, 0.1) is 11.6 Å². The summed E-state index contributed by atoms with van der Waals surface area (Å²) in [4.78, 5) is 4.60. The van der Waals surface area contributed by atoms with E-state index in [1.165, 1.54) is 24.3 Å². The van der Waals surface area contributed by atoms with Crippen LogP contribution in [0.4, 0.5) is 8.78 Å². The highest BCUT2D eigenvalue weighted by atomic mass is 19.1. The normalized spacial score (nSPS) is 11.2. The molecule has 1 heterocycles. The van der Waals surface area contributed by atoms with Gasteiger partial charge in [0.05, 0.1) is 0 Å². The van der Waals surface area contributed by atoms with Gasteiger partial charge in [0.2, 0.25) is 0 Å². The summed E-state index contributed by atoms with van der Waals surface area (Å²) in [6, 6.07) is 17.1. The third kappa shape index (κ3) is 4.91. The van der Waals surface area contributed by atoms with E-state index in [-0.39, 0.29) is 17.4 Å². The largest absolute Gasteiger partial charge is 0.505 e. The van der Waals surface area contributed by atoms with E-state index in [0.29, 0.717) is 18.4 Å².